The maximum absolute atomic E-state index is 14.7. The van der Waals surface area contributed by atoms with Crippen molar-refractivity contribution in [3.05, 3.63) is 126 Å². The summed E-state index contributed by atoms with van der Waals surface area (Å²) in [6.45, 7) is 2.53. The summed E-state index contributed by atoms with van der Waals surface area (Å²) in [5.41, 5.74) is 1.52. The molecule has 0 N–H and O–H groups in total. The Morgan fingerprint density at radius 3 is 1.85 bits per heavy atom. The lowest BCUT2D eigenvalue weighted by Gasteiger charge is -2.45. The number of hydrogen-bond acceptors (Lipinski definition) is 7. The van der Waals surface area contributed by atoms with Crippen LogP contribution in [0.3, 0.4) is 0 Å². The third kappa shape index (κ3) is 6.66. The Balaban J connectivity index is 1.41. The lowest BCUT2D eigenvalue weighted by atomic mass is 9.75. The number of ketones is 1. The van der Waals surface area contributed by atoms with Crippen LogP contribution in [0.5, 0.6) is 5.75 Å². The summed E-state index contributed by atoms with van der Waals surface area (Å²) in [4.78, 5) is 30.5. The van der Waals surface area contributed by atoms with E-state index in [1.165, 1.54) is 0 Å². The fourth-order valence-electron chi connectivity index (χ4n) is 5.04. The van der Waals surface area contributed by atoms with Crippen LogP contribution < -0.4 is 4.74 Å². The zero-order valence-electron chi connectivity index (χ0n) is 22.4. The van der Waals surface area contributed by atoms with Gasteiger partial charge in [-0.1, -0.05) is 84.6 Å². The van der Waals surface area contributed by atoms with E-state index in [4.69, 9.17) is 25.8 Å². The highest BCUT2D eigenvalue weighted by Crippen LogP contribution is 2.40. The van der Waals surface area contributed by atoms with Crippen molar-refractivity contribution >= 4 is 35.3 Å². The number of nitrogens with zero attached hydrogens (tertiary/aromatic N) is 1. The topological polar surface area (TPSA) is 65.1 Å². The highest BCUT2D eigenvalue weighted by atomic mass is 35.5. The zero-order chi connectivity index (χ0) is 28.5. The molecule has 6 nitrogen and oxygen atoms in total. The fourth-order valence-corrected chi connectivity index (χ4v) is 5.93. The van der Waals surface area contributed by atoms with Gasteiger partial charge in [0.25, 0.3) is 0 Å². The summed E-state index contributed by atoms with van der Waals surface area (Å²) in [6.07, 6.45) is -0.787. The smallest absolute Gasteiger partial charge is 0.433 e. The molecule has 0 spiro atoms. The summed E-state index contributed by atoms with van der Waals surface area (Å²) in [7, 11) is 0. The third-order valence-electron chi connectivity index (χ3n) is 6.87. The predicted molar refractivity (Wildman–Crippen MR) is 160 cm³/mol. The highest BCUT2D eigenvalue weighted by molar-refractivity contribution is 7.99. The van der Waals surface area contributed by atoms with Crippen molar-refractivity contribution in [1.82, 2.24) is 4.90 Å². The molecule has 210 valence electrons. The Bertz CT molecular complexity index is 1390. The molecule has 41 heavy (non-hydrogen) atoms. The van der Waals surface area contributed by atoms with Crippen molar-refractivity contribution in [3.8, 4) is 5.75 Å². The Kier molecular flexibility index (Phi) is 9.75. The summed E-state index contributed by atoms with van der Waals surface area (Å²) in [6, 6.07) is 34.9. The number of benzene rings is 4. The minimum absolute atomic E-state index is 0.0240. The van der Waals surface area contributed by atoms with Gasteiger partial charge in [0.15, 0.2) is 5.78 Å². The highest BCUT2D eigenvalue weighted by Gasteiger charge is 2.47. The van der Waals surface area contributed by atoms with Crippen LogP contribution in [0.15, 0.2) is 119 Å². The third-order valence-corrected chi connectivity index (χ3v) is 8.04. The van der Waals surface area contributed by atoms with Crippen LogP contribution in [0.4, 0.5) is 4.79 Å². The normalized spacial score (nSPS) is 13.9. The molecular formula is C33H30ClNO5S. The molecule has 0 atom stereocenters. The quantitative estimate of drug-likeness (QED) is 0.0852. The van der Waals surface area contributed by atoms with Crippen molar-refractivity contribution in [1.29, 1.82) is 0 Å². The first-order chi connectivity index (χ1) is 20.1. The Labute approximate surface area is 249 Å². The van der Waals surface area contributed by atoms with Crippen molar-refractivity contribution in [3.63, 3.8) is 0 Å². The molecule has 0 aliphatic carbocycles. The van der Waals surface area contributed by atoms with Gasteiger partial charge in [-0.2, -0.15) is 0 Å². The molecule has 1 fully saturated rings. The Morgan fingerprint density at radius 2 is 1.32 bits per heavy atom. The summed E-state index contributed by atoms with van der Waals surface area (Å²) in [5, 5.41) is 0. The van der Waals surface area contributed by atoms with Crippen molar-refractivity contribution in [2.45, 2.75) is 15.3 Å². The van der Waals surface area contributed by atoms with Crippen LogP contribution in [0.1, 0.15) is 21.5 Å². The number of carbonyl (C=O) groups is 2. The molecule has 1 heterocycles. The van der Waals surface area contributed by atoms with E-state index in [2.05, 4.69) is 4.90 Å². The van der Waals surface area contributed by atoms with Gasteiger partial charge in [-0.05, 0) is 47.5 Å². The van der Waals surface area contributed by atoms with Crippen LogP contribution >= 0.6 is 23.4 Å². The van der Waals surface area contributed by atoms with Crippen molar-refractivity contribution < 1.29 is 23.8 Å². The zero-order valence-corrected chi connectivity index (χ0v) is 24.0. The van der Waals surface area contributed by atoms with Gasteiger partial charge in [0.2, 0.25) is 0 Å². The predicted octanol–water partition coefficient (Wildman–Crippen LogP) is 7.05. The molecular weight excluding hydrogens is 558 g/mol. The molecule has 0 aromatic heterocycles. The van der Waals surface area contributed by atoms with Crippen LogP contribution in [-0.2, 0) is 15.0 Å². The molecule has 0 saturated carbocycles. The number of ether oxygens (including phenoxy) is 3. The van der Waals surface area contributed by atoms with E-state index in [-0.39, 0.29) is 18.3 Å². The van der Waals surface area contributed by atoms with E-state index in [0.717, 1.165) is 20.9 Å². The number of alkyl halides is 1. The van der Waals surface area contributed by atoms with E-state index >= 15 is 0 Å². The molecule has 0 amide bonds. The Morgan fingerprint density at radius 1 is 0.780 bits per heavy atom. The largest absolute Gasteiger partial charge is 0.513 e. The molecule has 1 aliphatic heterocycles. The lowest BCUT2D eigenvalue weighted by Crippen LogP contribution is -2.56. The van der Waals surface area contributed by atoms with E-state index in [1.54, 1.807) is 23.9 Å². The first-order valence-corrected chi connectivity index (χ1v) is 14.7. The van der Waals surface area contributed by atoms with Crippen molar-refractivity contribution in [2.24, 2.45) is 0 Å². The average molecular weight is 588 g/mol. The number of rotatable bonds is 10. The molecule has 1 saturated heterocycles. The summed E-state index contributed by atoms with van der Waals surface area (Å²) >= 11 is 7.08. The first kappa shape index (κ1) is 28.9. The SMILES string of the molecule is O=C(OCCCl)Oc1ccc(Sc2ccc(C(=O)C(c3ccccc3)(c3ccccc3)N3CCOCC3)cc2)cc1. The maximum atomic E-state index is 14.7. The minimum Gasteiger partial charge on any atom is -0.433 e. The number of hydrogen-bond donors (Lipinski definition) is 0. The van der Waals surface area contributed by atoms with Gasteiger partial charge in [-0.15, -0.1) is 11.6 Å². The monoisotopic (exact) mass is 587 g/mol. The van der Waals surface area contributed by atoms with Crippen LogP contribution in [0.25, 0.3) is 0 Å². The summed E-state index contributed by atoms with van der Waals surface area (Å²) in [5.74, 6) is 0.619. The molecule has 0 bridgehead atoms. The van der Waals surface area contributed by atoms with Gasteiger partial charge >= 0.3 is 6.16 Å². The second-order valence-corrected chi connectivity index (χ2v) is 10.9. The van der Waals surface area contributed by atoms with Crippen LogP contribution in [0.2, 0.25) is 0 Å². The van der Waals surface area contributed by atoms with E-state index in [0.29, 0.717) is 37.6 Å². The van der Waals surface area contributed by atoms with Gasteiger partial charge in [0.05, 0.1) is 19.1 Å². The molecule has 1 aliphatic rings. The molecule has 0 unspecified atom stereocenters. The van der Waals surface area contributed by atoms with Gasteiger partial charge < -0.3 is 14.2 Å². The lowest BCUT2D eigenvalue weighted by molar-refractivity contribution is -0.00462. The molecule has 0 radical (unpaired) electrons. The minimum atomic E-state index is -0.984. The molecule has 5 rings (SSSR count). The van der Waals surface area contributed by atoms with Crippen molar-refractivity contribution in [2.75, 3.05) is 38.8 Å². The number of morpholine rings is 1. The Hall–Kier alpha value is -3.62. The van der Waals surface area contributed by atoms with Crippen LogP contribution in [0, 0.1) is 0 Å². The molecule has 4 aromatic carbocycles. The van der Waals surface area contributed by atoms with Gasteiger partial charge in [-0.3, -0.25) is 9.69 Å². The molecule has 4 aromatic rings. The van der Waals surface area contributed by atoms with Gasteiger partial charge in [0, 0.05) is 28.4 Å². The second kappa shape index (κ2) is 13.8. The molecule has 8 heteroatoms. The van der Waals surface area contributed by atoms with E-state index < -0.39 is 11.7 Å². The standard InChI is InChI=1S/C33H30ClNO5S/c34-19-22-39-32(37)40-28-13-17-30(18-14-28)41-29-15-11-25(12-16-29)31(36)33(26-7-3-1-4-8-26,27-9-5-2-6-10-27)35-20-23-38-24-21-35/h1-18H,19-24H2. The van der Waals surface area contributed by atoms with Gasteiger partial charge in [-0.25, -0.2) is 4.79 Å². The van der Waals surface area contributed by atoms with E-state index in [1.807, 2.05) is 97.1 Å². The van der Waals surface area contributed by atoms with Crippen LogP contribution in [-0.4, -0.2) is 55.6 Å². The second-order valence-electron chi connectivity index (χ2n) is 9.36. The maximum Gasteiger partial charge on any atom is 0.513 e. The summed E-state index contributed by atoms with van der Waals surface area (Å²) < 4.78 is 15.7. The number of carbonyl (C=O) groups excluding carboxylic acids is 2. The number of Topliss-reactive ketones (excluding diaryl/α,β-unsaturated/α-hetero) is 1. The average Bonchev–Trinajstić information content (AvgIpc) is 3.03. The fraction of sp³-hybridized carbons (Fsp3) is 0.212. The van der Waals surface area contributed by atoms with Gasteiger partial charge in [0.1, 0.15) is 17.9 Å². The number of halogens is 1. The van der Waals surface area contributed by atoms with E-state index in [9.17, 15) is 9.59 Å². The first-order valence-electron chi connectivity index (χ1n) is 13.4.